The summed E-state index contributed by atoms with van der Waals surface area (Å²) in [5.74, 6) is 6.67. The zero-order valence-corrected chi connectivity index (χ0v) is 12.7. The maximum atomic E-state index is 5.43. The summed E-state index contributed by atoms with van der Waals surface area (Å²) < 4.78 is 11.1. The molecule has 0 aliphatic rings. The van der Waals surface area contributed by atoms with Crippen molar-refractivity contribution in [2.75, 3.05) is 32.7 Å². The molecule has 0 saturated heterocycles. The van der Waals surface area contributed by atoms with E-state index >= 15 is 0 Å². The van der Waals surface area contributed by atoms with Crippen molar-refractivity contribution in [3.05, 3.63) is 22.7 Å². The standard InChI is InChI=1S/C12H19BrN4O2/c1-18-5-3-4-15-12(17-14)16-10-6-9(13)7-11(8-10)19-2/h6-8H,3-5,14H2,1-2H3,(H2,15,16,17). The number of anilines is 1. The maximum Gasteiger partial charge on any atom is 0.210 e. The SMILES string of the molecule is COCCCN=C(NN)Nc1cc(Br)cc(OC)c1. The van der Waals surface area contributed by atoms with Crippen LogP contribution in [0.1, 0.15) is 6.42 Å². The molecule has 0 atom stereocenters. The van der Waals surface area contributed by atoms with Crippen molar-refractivity contribution in [1.82, 2.24) is 5.43 Å². The lowest BCUT2D eigenvalue weighted by atomic mass is 10.3. The lowest BCUT2D eigenvalue weighted by Crippen LogP contribution is -2.36. The largest absolute Gasteiger partial charge is 0.497 e. The summed E-state index contributed by atoms with van der Waals surface area (Å²) in [5, 5.41) is 3.08. The molecule has 0 radical (unpaired) electrons. The first-order valence-corrected chi connectivity index (χ1v) is 6.60. The second-order valence-electron chi connectivity index (χ2n) is 3.73. The quantitative estimate of drug-likeness (QED) is 0.243. The van der Waals surface area contributed by atoms with Crippen LogP contribution in [-0.2, 0) is 4.74 Å². The van der Waals surface area contributed by atoms with Crippen LogP contribution in [0.4, 0.5) is 5.69 Å². The molecule has 0 saturated carbocycles. The van der Waals surface area contributed by atoms with Gasteiger partial charge in [-0.3, -0.25) is 10.4 Å². The van der Waals surface area contributed by atoms with Crippen LogP contribution in [0, 0.1) is 0 Å². The van der Waals surface area contributed by atoms with Gasteiger partial charge in [-0.05, 0) is 18.6 Å². The van der Waals surface area contributed by atoms with Crippen LogP contribution < -0.4 is 21.3 Å². The average Bonchev–Trinajstić information content (AvgIpc) is 2.41. The predicted octanol–water partition coefficient (Wildman–Crippen LogP) is 1.73. The Morgan fingerprint density at radius 3 is 2.79 bits per heavy atom. The van der Waals surface area contributed by atoms with Gasteiger partial charge in [0.25, 0.3) is 0 Å². The van der Waals surface area contributed by atoms with Gasteiger partial charge in [-0.25, -0.2) is 5.84 Å². The highest BCUT2D eigenvalue weighted by atomic mass is 79.9. The molecule has 19 heavy (non-hydrogen) atoms. The predicted molar refractivity (Wildman–Crippen MR) is 80.4 cm³/mol. The number of benzene rings is 1. The second-order valence-corrected chi connectivity index (χ2v) is 4.64. The zero-order valence-electron chi connectivity index (χ0n) is 11.1. The van der Waals surface area contributed by atoms with Crippen LogP contribution in [0.2, 0.25) is 0 Å². The average molecular weight is 331 g/mol. The van der Waals surface area contributed by atoms with E-state index in [0.717, 1.165) is 22.3 Å². The lowest BCUT2D eigenvalue weighted by Gasteiger charge is -2.11. The van der Waals surface area contributed by atoms with Crippen molar-refractivity contribution in [2.45, 2.75) is 6.42 Å². The third-order valence-corrected chi connectivity index (χ3v) is 2.74. The van der Waals surface area contributed by atoms with Gasteiger partial charge in [0, 0.05) is 36.5 Å². The van der Waals surface area contributed by atoms with E-state index in [0.29, 0.717) is 19.1 Å². The summed E-state index contributed by atoms with van der Waals surface area (Å²) in [6.07, 6.45) is 0.838. The van der Waals surface area contributed by atoms with Gasteiger partial charge in [-0.15, -0.1) is 0 Å². The number of halogens is 1. The smallest absolute Gasteiger partial charge is 0.210 e. The molecule has 0 aromatic heterocycles. The summed E-state index contributed by atoms with van der Waals surface area (Å²) in [5.41, 5.74) is 3.35. The van der Waals surface area contributed by atoms with Crippen molar-refractivity contribution >= 4 is 27.6 Å². The van der Waals surface area contributed by atoms with Crippen molar-refractivity contribution in [3.63, 3.8) is 0 Å². The normalized spacial score (nSPS) is 11.3. The molecule has 0 spiro atoms. The van der Waals surface area contributed by atoms with E-state index in [1.807, 2.05) is 18.2 Å². The van der Waals surface area contributed by atoms with Gasteiger partial charge in [0.1, 0.15) is 5.75 Å². The van der Waals surface area contributed by atoms with E-state index in [-0.39, 0.29) is 0 Å². The van der Waals surface area contributed by atoms with Gasteiger partial charge in [0.2, 0.25) is 5.96 Å². The second kappa shape index (κ2) is 8.73. The van der Waals surface area contributed by atoms with Crippen molar-refractivity contribution in [2.24, 2.45) is 10.8 Å². The summed E-state index contributed by atoms with van der Waals surface area (Å²) in [6.45, 7) is 1.30. The monoisotopic (exact) mass is 330 g/mol. The van der Waals surface area contributed by atoms with Crippen molar-refractivity contribution in [3.8, 4) is 5.75 Å². The number of rotatable bonds is 6. The molecular formula is C12H19BrN4O2. The minimum atomic E-state index is 0.497. The Morgan fingerprint density at radius 1 is 1.37 bits per heavy atom. The Morgan fingerprint density at radius 2 is 2.16 bits per heavy atom. The van der Waals surface area contributed by atoms with E-state index in [1.165, 1.54) is 0 Å². The van der Waals surface area contributed by atoms with Gasteiger partial charge in [-0.1, -0.05) is 15.9 Å². The maximum absolute atomic E-state index is 5.43. The molecule has 0 aliphatic heterocycles. The van der Waals surface area contributed by atoms with Crippen LogP contribution in [0.15, 0.2) is 27.7 Å². The minimum absolute atomic E-state index is 0.497. The zero-order chi connectivity index (χ0) is 14.1. The molecule has 0 unspecified atom stereocenters. The van der Waals surface area contributed by atoms with Crippen LogP contribution in [-0.4, -0.2) is 33.3 Å². The van der Waals surface area contributed by atoms with Crippen LogP contribution in [0.25, 0.3) is 0 Å². The minimum Gasteiger partial charge on any atom is -0.497 e. The molecule has 1 rings (SSSR count). The fourth-order valence-electron chi connectivity index (χ4n) is 1.41. The van der Waals surface area contributed by atoms with Gasteiger partial charge in [0.15, 0.2) is 0 Å². The highest BCUT2D eigenvalue weighted by Gasteiger charge is 2.02. The Labute approximate surface area is 121 Å². The molecule has 0 heterocycles. The van der Waals surface area contributed by atoms with Gasteiger partial charge < -0.3 is 14.8 Å². The molecule has 4 N–H and O–H groups in total. The number of hydrogen-bond donors (Lipinski definition) is 3. The Balaban J connectivity index is 2.66. The Hall–Kier alpha value is -1.31. The first-order chi connectivity index (χ1) is 9.19. The van der Waals surface area contributed by atoms with Crippen LogP contribution in [0.5, 0.6) is 5.75 Å². The molecular weight excluding hydrogens is 312 g/mol. The molecule has 0 aliphatic carbocycles. The van der Waals surface area contributed by atoms with E-state index in [2.05, 4.69) is 31.7 Å². The number of methoxy groups -OCH3 is 2. The molecule has 0 amide bonds. The fraction of sp³-hybridized carbons (Fsp3) is 0.417. The molecule has 0 fully saturated rings. The number of ether oxygens (including phenoxy) is 2. The number of nitrogens with two attached hydrogens (primary N) is 1. The van der Waals surface area contributed by atoms with Crippen LogP contribution in [0.3, 0.4) is 0 Å². The fourth-order valence-corrected chi connectivity index (χ4v) is 1.88. The molecule has 6 nitrogen and oxygen atoms in total. The first kappa shape index (κ1) is 15.7. The van der Waals surface area contributed by atoms with Gasteiger partial charge >= 0.3 is 0 Å². The summed E-state index contributed by atoms with van der Waals surface area (Å²) in [6, 6.07) is 5.63. The first-order valence-electron chi connectivity index (χ1n) is 5.81. The number of aliphatic imine (C=N–C) groups is 1. The number of hydrogen-bond acceptors (Lipinski definition) is 4. The highest BCUT2D eigenvalue weighted by molar-refractivity contribution is 9.10. The van der Waals surface area contributed by atoms with E-state index in [9.17, 15) is 0 Å². The van der Waals surface area contributed by atoms with Crippen molar-refractivity contribution < 1.29 is 9.47 Å². The number of nitrogens with one attached hydrogen (secondary N) is 2. The van der Waals surface area contributed by atoms with Gasteiger partial charge in [0.05, 0.1) is 7.11 Å². The van der Waals surface area contributed by atoms with Gasteiger partial charge in [-0.2, -0.15) is 0 Å². The topological polar surface area (TPSA) is 80.9 Å². The Kier molecular flexibility index (Phi) is 7.24. The number of guanidine groups is 1. The molecule has 7 heteroatoms. The highest BCUT2D eigenvalue weighted by Crippen LogP contribution is 2.24. The molecule has 0 bridgehead atoms. The molecule has 1 aromatic rings. The molecule has 106 valence electrons. The summed E-state index contributed by atoms with van der Waals surface area (Å²) in [7, 11) is 3.28. The third-order valence-electron chi connectivity index (χ3n) is 2.28. The molecule has 1 aromatic carbocycles. The van der Waals surface area contributed by atoms with E-state index < -0.39 is 0 Å². The third kappa shape index (κ3) is 5.91. The van der Waals surface area contributed by atoms with Crippen LogP contribution >= 0.6 is 15.9 Å². The lowest BCUT2D eigenvalue weighted by molar-refractivity contribution is 0.197. The van der Waals surface area contributed by atoms with E-state index in [1.54, 1.807) is 14.2 Å². The van der Waals surface area contributed by atoms with E-state index in [4.69, 9.17) is 15.3 Å². The number of hydrazine groups is 1. The number of nitrogens with zero attached hydrogens (tertiary/aromatic N) is 1. The van der Waals surface area contributed by atoms with Crippen molar-refractivity contribution in [1.29, 1.82) is 0 Å². The summed E-state index contributed by atoms with van der Waals surface area (Å²) in [4.78, 5) is 4.29. The summed E-state index contributed by atoms with van der Waals surface area (Å²) >= 11 is 3.41. The Bertz CT molecular complexity index is 426.